The summed E-state index contributed by atoms with van der Waals surface area (Å²) in [6.07, 6.45) is 0. The van der Waals surface area contributed by atoms with Gasteiger partial charge in [-0.25, -0.2) is 0 Å². The lowest BCUT2D eigenvalue weighted by Crippen LogP contribution is -2.03. The van der Waals surface area contributed by atoms with Gasteiger partial charge in [-0.3, -0.25) is 0 Å². The molecule has 0 saturated heterocycles. The monoisotopic (exact) mass is 343 g/mol. The number of rotatable bonds is 2. The Bertz CT molecular complexity index is 744. The van der Waals surface area contributed by atoms with E-state index < -0.39 is 0 Å². The maximum Gasteiger partial charge on any atom is 0.187 e. The molecule has 0 aliphatic rings. The van der Waals surface area contributed by atoms with Gasteiger partial charge < -0.3 is 5.73 Å². The molecule has 6 heteroatoms. The lowest BCUT2D eigenvalue weighted by Gasteiger charge is -2.10. The van der Waals surface area contributed by atoms with E-state index in [-0.39, 0.29) is 0 Å². The van der Waals surface area contributed by atoms with Crippen molar-refractivity contribution in [1.29, 1.82) is 0 Å². The number of anilines is 1. The van der Waals surface area contributed by atoms with Gasteiger partial charge in [-0.15, -0.1) is 5.10 Å². The largest absolute Gasteiger partial charge is 0.399 e. The zero-order chi connectivity index (χ0) is 15.0. The molecule has 2 N–H and O–H groups in total. The van der Waals surface area contributed by atoms with E-state index in [2.05, 4.69) is 31.5 Å². The smallest absolute Gasteiger partial charge is 0.187 e. The molecule has 0 atom stereocenters. The summed E-state index contributed by atoms with van der Waals surface area (Å²) in [4.78, 5) is 0. The van der Waals surface area contributed by atoms with Crippen LogP contribution in [0.4, 0.5) is 5.69 Å². The van der Waals surface area contributed by atoms with Crippen LogP contribution in [-0.2, 0) is 0 Å². The molecule has 3 rings (SSSR count). The van der Waals surface area contributed by atoms with E-state index in [1.54, 1.807) is 4.68 Å². The number of halogens is 1. The fraction of sp³-hybridized carbons (Fsp3) is 0.133. The van der Waals surface area contributed by atoms with Gasteiger partial charge in [0, 0.05) is 15.7 Å². The van der Waals surface area contributed by atoms with Gasteiger partial charge >= 0.3 is 0 Å². The fourth-order valence-electron chi connectivity index (χ4n) is 2.21. The van der Waals surface area contributed by atoms with Gasteiger partial charge in [-0.05, 0) is 59.7 Å². The van der Waals surface area contributed by atoms with Crippen LogP contribution in [0.5, 0.6) is 0 Å². The van der Waals surface area contributed by atoms with Crippen LogP contribution in [0, 0.1) is 13.8 Å². The highest BCUT2D eigenvalue weighted by Gasteiger charge is 2.15. The molecule has 1 heterocycles. The molecule has 0 aliphatic carbocycles. The van der Waals surface area contributed by atoms with Crippen LogP contribution < -0.4 is 5.73 Å². The Morgan fingerprint density at radius 1 is 1.05 bits per heavy atom. The van der Waals surface area contributed by atoms with Crippen LogP contribution in [0.1, 0.15) is 11.1 Å². The molecule has 0 fully saturated rings. The maximum absolute atomic E-state index is 5.89. The average molecular weight is 344 g/mol. The van der Waals surface area contributed by atoms with Gasteiger partial charge in [0.15, 0.2) is 5.82 Å². The highest BCUT2D eigenvalue weighted by molar-refractivity contribution is 9.10. The van der Waals surface area contributed by atoms with E-state index in [0.29, 0.717) is 11.5 Å². The number of nitrogens with zero attached hydrogens (tertiary/aromatic N) is 4. The number of hydrogen-bond donors (Lipinski definition) is 1. The molecule has 0 radical (unpaired) electrons. The molecule has 0 aliphatic heterocycles. The van der Waals surface area contributed by atoms with Crippen molar-refractivity contribution >= 4 is 21.6 Å². The lowest BCUT2D eigenvalue weighted by molar-refractivity contribution is 0.787. The quantitative estimate of drug-likeness (QED) is 0.725. The van der Waals surface area contributed by atoms with Gasteiger partial charge in [0.05, 0.1) is 5.69 Å². The van der Waals surface area contributed by atoms with Crippen LogP contribution in [0.25, 0.3) is 17.1 Å². The molecule has 21 heavy (non-hydrogen) atoms. The molecule has 3 aromatic rings. The van der Waals surface area contributed by atoms with Gasteiger partial charge in [-0.2, -0.15) is 4.68 Å². The van der Waals surface area contributed by atoms with Crippen molar-refractivity contribution in [1.82, 2.24) is 20.2 Å². The van der Waals surface area contributed by atoms with E-state index in [1.807, 2.05) is 50.2 Å². The standard InChI is InChI=1S/C15H14BrN5/c1-9-4-6-12(17)8-13(9)15-18-19-20-21(15)14-7-11(16)5-3-10(14)2/h3-8H,17H2,1-2H3. The summed E-state index contributed by atoms with van der Waals surface area (Å²) < 4.78 is 2.72. The number of tetrazole rings is 1. The van der Waals surface area contributed by atoms with Crippen molar-refractivity contribution < 1.29 is 0 Å². The molecular weight excluding hydrogens is 330 g/mol. The third kappa shape index (κ3) is 2.54. The SMILES string of the molecule is Cc1ccc(N)cc1-c1nnnn1-c1cc(Br)ccc1C. The predicted octanol–water partition coefficient (Wildman–Crippen LogP) is 3.29. The zero-order valence-electron chi connectivity index (χ0n) is 11.7. The third-order valence-electron chi connectivity index (χ3n) is 3.37. The van der Waals surface area contributed by atoms with Crippen molar-refractivity contribution in [3.05, 3.63) is 52.0 Å². The summed E-state index contributed by atoms with van der Waals surface area (Å²) >= 11 is 3.49. The molecule has 0 bridgehead atoms. The first-order valence-electron chi connectivity index (χ1n) is 6.47. The second-order valence-electron chi connectivity index (χ2n) is 4.92. The van der Waals surface area contributed by atoms with E-state index in [9.17, 15) is 0 Å². The Labute approximate surface area is 130 Å². The first kappa shape index (κ1) is 13.8. The summed E-state index contributed by atoms with van der Waals surface area (Å²) in [5, 5.41) is 12.1. The Kier molecular flexibility index (Phi) is 3.47. The van der Waals surface area contributed by atoms with Crippen LogP contribution in [0.15, 0.2) is 40.9 Å². The number of aromatic nitrogens is 4. The Hall–Kier alpha value is -2.21. The average Bonchev–Trinajstić information content (AvgIpc) is 2.93. The van der Waals surface area contributed by atoms with Gasteiger partial charge in [0.25, 0.3) is 0 Å². The second kappa shape index (κ2) is 5.29. The van der Waals surface area contributed by atoms with Crippen LogP contribution in [0.2, 0.25) is 0 Å². The molecular formula is C15H14BrN5. The Morgan fingerprint density at radius 2 is 1.81 bits per heavy atom. The number of aryl methyl sites for hydroxylation is 2. The molecule has 0 amide bonds. The number of nitrogens with two attached hydrogens (primary N) is 1. The topological polar surface area (TPSA) is 69.6 Å². The second-order valence-corrected chi connectivity index (χ2v) is 5.84. The van der Waals surface area contributed by atoms with Crippen molar-refractivity contribution in [3.63, 3.8) is 0 Å². The summed E-state index contributed by atoms with van der Waals surface area (Å²) in [7, 11) is 0. The summed E-state index contributed by atoms with van der Waals surface area (Å²) in [5.74, 6) is 0.681. The highest BCUT2D eigenvalue weighted by atomic mass is 79.9. The first-order chi connectivity index (χ1) is 10.1. The lowest BCUT2D eigenvalue weighted by atomic mass is 10.1. The van der Waals surface area contributed by atoms with Crippen LogP contribution >= 0.6 is 15.9 Å². The van der Waals surface area contributed by atoms with E-state index >= 15 is 0 Å². The Morgan fingerprint density at radius 3 is 2.62 bits per heavy atom. The van der Waals surface area contributed by atoms with Crippen molar-refractivity contribution in [2.45, 2.75) is 13.8 Å². The van der Waals surface area contributed by atoms with Gasteiger partial charge in [0.1, 0.15) is 0 Å². The van der Waals surface area contributed by atoms with Gasteiger partial charge in [0.2, 0.25) is 0 Å². The number of benzene rings is 2. The number of nitrogen functional groups attached to an aromatic ring is 1. The summed E-state index contributed by atoms with van der Waals surface area (Å²) in [6, 6.07) is 11.8. The van der Waals surface area contributed by atoms with Crippen LogP contribution in [-0.4, -0.2) is 20.2 Å². The van der Waals surface area contributed by atoms with E-state index in [0.717, 1.165) is 26.9 Å². The maximum atomic E-state index is 5.89. The van der Waals surface area contributed by atoms with Crippen LogP contribution in [0.3, 0.4) is 0 Å². The van der Waals surface area contributed by atoms with E-state index in [1.165, 1.54) is 0 Å². The number of hydrogen-bond acceptors (Lipinski definition) is 4. The minimum Gasteiger partial charge on any atom is -0.399 e. The van der Waals surface area contributed by atoms with Crippen molar-refractivity contribution in [2.24, 2.45) is 0 Å². The minimum absolute atomic E-state index is 0.681. The highest BCUT2D eigenvalue weighted by Crippen LogP contribution is 2.27. The third-order valence-corrected chi connectivity index (χ3v) is 3.86. The van der Waals surface area contributed by atoms with E-state index in [4.69, 9.17) is 5.73 Å². The molecule has 0 saturated carbocycles. The summed E-state index contributed by atoms with van der Waals surface area (Å²) in [5.41, 5.74) is 10.6. The minimum atomic E-state index is 0.681. The Balaban J connectivity index is 2.22. The first-order valence-corrected chi connectivity index (χ1v) is 7.27. The zero-order valence-corrected chi connectivity index (χ0v) is 13.3. The fourth-order valence-corrected chi connectivity index (χ4v) is 2.56. The van der Waals surface area contributed by atoms with Crippen molar-refractivity contribution in [3.8, 4) is 17.1 Å². The normalized spacial score (nSPS) is 10.8. The predicted molar refractivity (Wildman–Crippen MR) is 86.2 cm³/mol. The molecule has 0 unspecified atom stereocenters. The molecule has 2 aromatic carbocycles. The molecule has 1 aromatic heterocycles. The summed E-state index contributed by atoms with van der Waals surface area (Å²) in [6.45, 7) is 4.04. The molecule has 106 valence electrons. The van der Waals surface area contributed by atoms with Gasteiger partial charge in [-0.1, -0.05) is 28.1 Å². The molecule has 0 spiro atoms. The van der Waals surface area contributed by atoms with Crippen molar-refractivity contribution in [2.75, 3.05) is 5.73 Å². The molecule has 5 nitrogen and oxygen atoms in total.